The largest absolute Gasteiger partial charge is 0.369 e. The van der Waals surface area contributed by atoms with E-state index in [9.17, 15) is 9.59 Å². The Morgan fingerprint density at radius 2 is 1.40 bits per heavy atom. The first kappa shape index (κ1) is 17.7. The molecule has 2 heterocycles. The van der Waals surface area contributed by atoms with Crippen LogP contribution in [0.25, 0.3) is 0 Å². The van der Waals surface area contributed by atoms with Gasteiger partial charge in [-0.1, -0.05) is 18.2 Å². The van der Waals surface area contributed by atoms with Crippen molar-refractivity contribution in [2.75, 3.05) is 57.3 Å². The molecule has 1 atom stereocenters. The van der Waals surface area contributed by atoms with Gasteiger partial charge in [-0.25, -0.2) is 0 Å². The summed E-state index contributed by atoms with van der Waals surface area (Å²) in [6.07, 6.45) is 0. The van der Waals surface area contributed by atoms with Gasteiger partial charge in [-0.2, -0.15) is 0 Å². The zero-order valence-corrected chi connectivity index (χ0v) is 15.2. The third-order valence-corrected chi connectivity index (χ3v) is 5.38. The number of benzene rings is 1. The summed E-state index contributed by atoms with van der Waals surface area (Å²) in [5, 5.41) is 0. The lowest BCUT2D eigenvalue weighted by Gasteiger charge is -2.41. The van der Waals surface area contributed by atoms with Gasteiger partial charge < -0.3 is 14.7 Å². The number of piperazine rings is 2. The topological polar surface area (TPSA) is 47.1 Å². The number of hydrogen-bond acceptors (Lipinski definition) is 4. The molecule has 0 N–H and O–H groups in total. The molecule has 0 aliphatic carbocycles. The molecule has 136 valence electrons. The maximum atomic E-state index is 12.8. The Labute approximate surface area is 150 Å². The molecule has 6 heteroatoms. The minimum atomic E-state index is -0.0956. The molecule has 0 saturated carbocycles. The number of para-hydroxylation sites is 1. The summed E-state index contributed by atoms with van der Waals surface area (Å²) in [7, 11) is 0. The van der Waals surface area contributed by atoms with Gasteiger partial charge in [0.25, 0.3) is 0 Å². The Morgan fingerprint density at radius 3 is 1.96 bits per heavy atom. The van der Waals surface area contributed by atoms with E-state index >= 15 is 0 Å². The number of hydrogen-bond donors (Lipinski definition) is 0. The zero-order valence-electron chi connectivity index (χ0n) is 15.2. The zero-order chi connectivity index (χ0) is 17.8. The summed E-state index contributed by atoms with van der Waals surface area (Å²) in [6, 6.07) is 10.3. The molecule has 2 aliphatic heterocycles. The van der Waals surface area contributed by atoms with Gasteiger partial charge in [0.15, 0.2) is 0 Å². The van der Waals surface area contributed by atoms with Crippen molar-refractivity contribution < 1.29 is 9.59 Å². The van der Waals surface area contributed by atoms with Crippen molar-refractivity contribution in [3.8, 4) is 0 Å². The molecule has 1 unspecified atom stereocenters. The maximum Gasteiger partial charge on any atom is 0.239 e. The molecule has 3 rings (SSSR count). The number of rotatable bonds is 3. The van der Waals surface area contributed by atoms with Crippen molar-refractivity contribution in [2.45, 2.75) is 19.9 Å². The monoisotopic (exact) mass is 344 g/mol. The average Bonchev–Trinajstić information content (AvgIpc) is 2.67. The average molecular weight is 344 g/mol. The molecule has 25 heavy (non-hydrogen) atoms. The van der Waals surface area contributed by atoms with E-state index in [0.29, 0.717) is 26.2 Å². The standard InChI is InChI=1S/C19H28N4O2/c1-16(19(25)23-14-10-21(11-15-23)17(2)24)20-8-12-22(13-9-20)18-6-4-3-5-7-18/h3-7,16H,8-15H2,1-2H3. The fraction of sp³-hybridized carbons (Fsp3) is 0.579. The van der Waals surface area contributed by atoms with Gasteiger partial charge >= 0.3 is 0 Å². The predicted molar refractivity (Wildman–Crippen MR) is 98.5 cm³/mol. The van der Waals surface area contributed by atoms with Gasteiger partial charge in [0.05, 0.1) is 6.04 Å². The van der Waals surface area contributed by atoms with Gasteiger partial charge in [-0.05, 0) is 19.1 Å². The van der Waals surface area contributed by atoms with Gasteiger partial charge in [0.1, 0.15) is 0 Å². The molecule has 0 spiro atoms. The maximum absolute atomic E-state index is 12.8. The minimum Gasteiger partial charge on any atom is -0.369 e. The van der Waals surface area contributed by atoms with Crippen LogP contribution in [-0.2, 0) is 9.59 Å². The molecule has 0 bridgehead atoms. The van der Waals surface area contributed by atoms with Crippen LogP contribution in [0.15, 0.2) is 30.3 Å². The quantitative estimate of drug-likeness (QED) is 0.817. The molecule has 2 amide bonds. The van der Waals surface area contributed by atoms with E-state index < -0.39 is 0 Å². The summed E-state index contributed by atoms with van der Waals surface area (Å²) in [5.41, 5.74) is 1.25. The first-order valence-electron chi connectivity index (χ1n) is 9.14. The fourth-order valence-corrected chi connectivity index (χ4v) is 3.67. The molecule has 0 aromatic heterocycles. The van der Waals surface area contributed by atoms with E-state index in [1.807, 2.05) is 22.8 Å². The van der Waals surface area contributed by atoms with Crippen molar-refractivity contribution in [1.82, 2.24) is 14.7 Å². The highest BCUT2D eigenvalue weighted by Crippen LogP contribution is 2.17. The Balaban J connectivity index is 1.50. The van der Waals surface area contributed by atoms with Crippen molar-refractivity contribution in [3.63, 3.8) is 0 Å². The number of carbonyl (C=O) groups is 2. The van der Waals surface area contributed by atoms with E-state index in [1.54, 1.807) is 6.92 Å². The summed E-state index contributed by atoms with van der Waals surface area (Å²) >= 11 is 0. The molecule has 2 saturated heterocycles. The molecule has 1 aromatic carbocycles. The highest BCUT2D eigenvalue weighted by molar-refractivity contribution is 5.82. The smallest absolute Gasteiger partial charge is 0.239 e. The van der Waals surface area contributed by atoms with Gasteiger partial charge in [-0.3, -0.25) is 14.5 Å². The Kier molecular flexibility index (Phi) is 5.58. The highest BCUT2D eigenvalue weighted by atomic mass is 16.2. The Hall–Kier alpha value is -2.08. The first-order valence-corrected chi connectivity index (χ1v) is 9.14. The van der Waals surface area contributed by atoms with Crippen molar-refractivity contribution in [3.05, 3.63) is 30.3 Å². The highest BCUT2D eigenvalue weighted by Gasteiger charge is 2.30. The number of nitrogens with zero attached hydrogens (tertiary/aromatic N) is 4. The summed E-state index contributed by atoms with van der Waals surface area (Å²) in [4.78, 5) is 32.6. The van der Waals surface area contributed by atoms with Crippen LogP contribution in [0.3, 0.4) is 0 Å². The minimum absolute atomic E-state index is 0.0946. The van der Waals surface area contributed by atoms with Crippen LogP contribution in [0.2, 0.25) is 0 Å². The van der Waals surface area contributed by atoms with Crippen LogP contribution < -0.4 is 4.90 Å². The molecule has 1 aromatic rings. The normalized spacial score (nSPS) is 20.5. The lowest BCUT2D eigenvalue weighted by Crippen LogP contribution is -2.57. The molecule has 2 aliphatic rings. The molecular weight excluding hydrogens is 316 g/mol. The third-order valence-electron chi connectivity index (χ3n) is 5.38. The predicted octanol–water partition coefficient (Wildman–Crippen LogP) is 0.888. The summed E-state index contributed by atoms with van der Waals surface area (Å²) in [6.45, 7) is 9.87. The third kappa shape index (κ3) is 4.12. The second-order valence-electron chi connectivity index (χ2n) is 6.87. The number of anilines is 1. The van der Waals surface area contributed by atoms with E-state index in [0.717, 1.165) is 26.2 Å². The van der Waals surface area contributed by atoms with Gasteiger partial charge in [0, 0.05) is 65.0 Å². The van der Waals surface area contributed by atoms with Crippen LogP contribution >= 0.6 is 0 Å². The fourth-order valence-electron chi connectivity index (χ4n) is 3.67. The van der Waals surface area contributed by atoms with E-state index in [4.69, 9.17) is 0 Å². The van der Waals surface area contributed by atoms with E-state index in [2.05, 4.69) is 34.1 Å². The van der Waals surface area contributed by atoms with Crippen LogP contribution in [0.5, 0.6) is 0 Å². The van der Waals surface area contributed by atoms with Crippen LogP contribution in [-0.4, -0.2) is 84.9 Å². The molecular formula is C19H28N4O2. The Morgan fingerprint density at radius 1 is 0.840 bits per heavy atom. The van der Waals surface area contributed by atoms with E-state index in [-0.39, 0.29) is 17.9 Å². The number of amides is 2. The van der Waals surface area contributed by atoms with Gasteiger partial charge in [-0.15, -0.1) is 0 Å². The van der Waals surface area contributed by atoms with Crippen molar-refractivity contribution in [1.29, 1.82) is 0 Å². The first-order chi connectivity index (χ1) is 12.1. The second-order valence-corrected chi connectivity index (χ2v) is 6.87. The molecule has 0 radical (unpaired) electrons. The number of carbonyl (C=O) groups excluding carboxylic acids is 2. The van der Waals surface area contributed by atoms with E-state index in [1.165, 1.54) is 5.69 Å². The summed E-state index contributed by atoms with van der Waals surface area (Å²) < 4.78 is 0. The second kappa shape index (κ2) is 7.87. The Bertz CT molecular complexity index is 591. The van der Waals surface area contributed by atoms with Crippen LogP contribution in [0.4, 0.5) is 5.69 Å². The summed E-state index contributed by atoms with van der Waals surface area (Å²) in [5.74, 6) is 0.286. The molecule has 6 nitrogen and oxygen atoms in total. The SMILES string of the molecule is CC(=O)N1CCN(C(=O)C(C)N2CCN(c3ccccc3)CC2)CC1. The lowest BCUT2D eigenvalue weighted by molar-refractivity contribution is -0.142. The lowest BCUT2D eigenvalue weighted by atomic mass is 10.1. The van der Waals surface area contributed by atoms with Crippen molar-refractivity contribution >= 4 is 17.5 Å². The van der Waals surface area contributed by atoms with Crippen molar-refractivity contribution in [2.24, 2.45) is 0 Å². The van der Waals surface area contributed by atoms with Gasteiger partial charge in [0.2, 0.25) is 11.8 Å². The van der Waals surface area contributed by atoms with Crippen LogP contribution in [0, 0.1) is 0 Å². The molecule has 2 fully saturated rings. The van der Waals surface area contributed by atoms with Crippen LogP contribution in [0.1, 0.15) is 13.8 Å².